The van der Waals surface area contributed by atoms with Crippen LogP contribution in [0.4, 0.5) is 0 Å². The van der Waals surface area contributed by atoms with Gasteiger partial charge in [-0.1, -0.05) is 328 Å². The molecule has 0 aliphatic carbocycles. The molecule has 0 spiro atoms. The van der Waals surface area contributed by atoms with E-state index >= 15 is 0 Å². The van der Waals surface area contributed by atoms with Crippen LogP contribution in [0.3, 0.4) is 0 Å². The predicted octanol–water partition coefficient (Wildman–Crippen LogP) is 28.6. The number of hydrogen-bond acceptors (Lipinski definition) is 14. The predicted molar refractivity (Wildman–Crippen MR) is 497 cm³/mol. The largest absolute Gasteiger partial charge is 0.455 e. The molecule has 0 saturated carbocycles. The van der Waals surface area contributed by atoms with Crippen LogP contribution < -0.4 is 0 Å². The highest BCUT2D eigenvalue weighted by molar-refractivity contribution is 7.26. The first-order valence-corrected chi connectivity index (χ1v) is 41.9. The minimum atomic E-state index is 0.668. The Hall–Kier alpha value is -15.3. The lowest BCUT2D eigenvalue weighted by atomic mass is 9.93. The normalized spacial score (nSPS) is 11.7. The van der Waals surface area contributed by atoms with Gasteiger partial charge >= 0.3 is 0 Å². The SMILES string of the molecule is c1ccc(-c2nc(-c3ccc(-c4cc5c(-c6ccccc6)nc6ccccc6c5c5nsnc45)cc3)cc(-c3ccc(-c4cccc5c4oc4ccccc45)cc3)n2)cc1.c1ccc(-c2nc(-c3ccc(-c4cc5c(-c6ccccc6)nc6ccccc6c5c5nsnc45)cc3)cc(-c3ccc(-c4cccc5c4sc4ccccc45)cc3)n2)cc1. The lowest BCUT2D eigenvalue weighted by Crippen LogP contribution is -1.96. The van der Waals surface area contributed by atoms with E-state index in [-0.39, 0.29) is 0 Å². The summed E-state index contributed by atoms with van der Waals surface area (Å²) in [5.74, 6) is 1.35. The van der Waals surface area contributed by atoms with Crippen molar-refractivity contribution in [2.45, 2.75) is 0 Å². The van der Waals surface area contributed by atoms with Crippen molar-refractivity contribution in [3.8, 4) is 135 Å². The summed E-state index contributed by atoms with van der Waals surface area (Å²) in [6, 6.07) is 131. The lowest BCUT2D eigenvalue weighted by molar-refractivity contribution is 0.670. The number of para-hydroxylation sites is 4. The van der Waals surface area contributed by atoms with Gasteiger partial charge in [0, 0.05) is 124 Å². The van der Waals surface area contributed by atoms with Crippen LogP contribution in [-0.4, -0.2) is 47.4 Å². The number of nitrogens with zero attached hydrogens (tertiary/aromatic N) is 10. The van der Waals surface area contributed by atoms with E-state index in [0.29, 0.717) is 11.6 Å². The van der Waals surface area contributed by atoms with Crippen molar-refractivity contribution in [1.82, 2.24) is 47.4 Å². The van der Waals surface area contributed by atoms with E-state index < -0.39 is 0 Å². The molecule has 0 N–H and O–H groups in total. The van der Waals surface area contributed by atoms with Crippen molar-refractivity contribution in [2.75, 3.05) is 0 Å². The number of aromatic nitrogens is 10. The molecule has 11 nitrogen and oxygen atoms in total. The van der Waals surface area contributed by atoms with Crippen molar-refractivity contribution in [3.05, 3.63) is 376 Å². The average molecular weight is 1590 g/mol. The molecule has 0 amide bonds. The third-order valence-corrected chi connectivity index (χ3v) is 25.1. The molecule has 24 aromatic rings. The highest BCUT2D eigenvalue weighted by Crippen LogP contribution is 2.47. The summed E-state index contributed by atoms with van der Waals surface area (Å²) in [6.07, 6.45) is 0. The van der Waals surface area contributed by atoms with E-state index in [9.17, 15) is 0 Å². The molecule has 120 heavy (non-hydrogen) atoms. The minimum absolute atomic E-state index is 0.668. The maximum atomic E-state index is 6.36. The van der Waals surface area contributed by atoms with Crippen molar-refractivity contribution in [3.63, 3.8) is 0 Å². The van der Waals surface area contributed by atoms with Gasteiger partial charge in [0.05, 0.1) is 68.7 Å². The van der Waals surface area contributed by atoms with Crippen LogP contribution in [0.5, 0.6) is 0 Å². The molecule has 0 atom stereocenters. The highest BCUT2D eigenvalue weighted by atomic mass is 32.1. The Balaban J connectivity index is 0.000000140. The van der Waals surface area contributed by atoms with E-state index in [2.05, 4.69) is 303 Å². The second-order valence-corrected chi connectivity index (χ2v) is 31.9. The Kier molecular flexibility index (Phi) is 17.2. The minimum Gasteiger partial charge on any atom is -0.455 e. The van der Waals surface area contributed by atoms with Crippen molar-refractivity contribution in [1.29, 1.82) is 0 Å². The third kappa shape index (κ3) is 12.4. The molecule has 24 rings (SSSR count). The van der Waals surface area contributed by atoms with Crippen LogP contribution in [0, 0.1) is 0 Å². The summed E-state index contributed by atoms with van der Waals surface area (Å²) in [7, 11) is 0. The van der Waals surface area contributed by atoms with E-state index in [0.717, 1.165) is 199 Å². The zero-order chi connectivity index (χ0) is 79.1. The number of pyridine rings is 2. The van der Waals surface area contributed by atoms with Crippen molar-refractivity contribution in [2.24, 2.45) is 0 Å². The van der Waals surface area contributed by atoms with Gasteiger partial charge < -0.3 is 4.42 Å². The number of thiophene rings is 1. The van der Waals surface area contributed by atoms with E-state index in [1.165, 1.54) is 54.8 Å². The van der Waals surface area contributed by atoms with Crippen molar-refractivity contribution >= 4 is 142 Å². The summed E-state index contributed by atoms with van der Waals surface area (Å²) in [4.78, 5) is 30.9. The maximum Gasteiger partial charge on any atom is 0.160 e. The molecule has 0 aliphatic rings. The van der Waals surface area contributed by atoms with Gasteiger partial charge in [-0.05, 0) is 76.3 Å². The molecule has 0 aliphatic heterocycles. The van der Waals surface area contributed by atoms with Gasteiger partial charge in [0.15, 0.2) is 11.6 Å². The van der Waals surface area contributed by atoms with Gasteiger partial charge in [-0.15, -0.1) is 11.3 Å². The van der Waals surface area contributed by atoms with Crippen LogP contribution in [0.1, 0.15) is 0 Å². The number of fused-ring (bicyclic) bond motifs is 16. The van der Waals surface area contributed by atoms with E-state index in [1.54, 1.807) is 0 Å². The quantitative estimate of drug-likeness (QED) is 0.108. The molecule has 8 heterocycles. The second-order valence-electron chi connectivity index (χ2n) is 29.8. The number of benzene rings is 16. The van der Waals surface area contributed by atoms with Gasteiger partial charge in [-0.2, -0.15) is 17.5 Å². The maximum absolute atomic E-state index is 6.36. The fourth-order valence-electron chi connectivity index (χ4n) is 17.0. The van der Waals surface area contributed by atoms with Crippen molar-refractivity contribution < 1.29 is 4.42 Å². The first kappa shape index (κ1) is 70.1. The van der Waals surface area contributed by atoms with Gasteiger partial charge in [0.2, 0.25) is 0 Å². The Bertz CT molecular complexity index is 7640. The lowest BCUT2D eigenvalue weighted by Gasteiger charge is -2.13. The molecular formula is C106H62N10OS3. The molecule has 560 valence electrons. The Labute approximate surface area is 699 Å². The standard InChI is InChI=1S/C53H31N5OS.C53H31N5S2/c2*1-3-12-36(13-4-1)49-43-30-42(50-51(58-60-57-50)48(43)41-17-7-9-20-44(41)54-49)33-24-28-35(29-25-33)46-31-45(55-53(56-46)37-14-5-2-6-15-37)34-26-22-32(23-27-34)38-18-11-19-40-39-16-8-10-21-47(39)59-52(38)40/h2*1-31H. The van der Waals surface area contributed by atoms with Gasteiger partial charge in [0.25, 0.3) is 0 Å². The molecule has 0 radical (unpaired) electrons. The first-order chi connectivity index (χ1) is 59.5. The van der Waals surface area contributed by atoms with Crippen LogP contribution in [-0.2, 0) is 0 Å². The fourth-order valence-corrected chi connectivity index (χ4v) is 19.3. The number of furan rings is 1. The Morgan fingerprint density at radius 3 is 1.03 bits per heavy atom. The van der Waals surface area contributed by atoms with Gasteiger partial charge in [0.1, 0.15) is 33.2 Å². The second kappa shape index (κ2) is 29.4. The van der Waals surface area contributed by atoms with E-state index in [1.807, 2.05) is 84.1 Å². The molecule has 0 saturated heterocycles. The molecule has 0 fully saturated rings. The first-order valence-electron chi connectivity index (χ1n) is 39.7. The zero-order valence-electron chi connectivity index (χ0n) is 63.9. The van der Waals surface area contributed by atoms with Crippen LogP contribution in [0.2, 0.25) is 0 Å². The van der Waals surface area contributed by atoms with E-state index in [4.69, 9.17) is 51.8 Å². The summed E-state index contributed by atoms with van der Waals surface area (Å²) in [6.45, 7) is 0. The van der Waals surface area contributed by atoms with Gasteiger partial charge in [-0.3, -0.25) is 0 Å². The van der Waals surface area contributed by atoms with Gasteiger partial charge in [-0.25, -0.2) is 29.9 Å². The molecule has 0 bridgehead atoms. The zero-order valence-corrected chi connectivity index (χ0v) is 66.4. The molecular weight excluding hydrogens is 1530 g/mol. The summed E-state index contributed by atoms with van der Waals surface area (Å²) in [5, 5.41) is 11.2. The molecule has 16 aromatic carbocycles. The van der Waals surface area contributed by atoms with Crippen LogP contribution >= 0.6 is 34.8 Å². The Morgan fingerprint density at radius 1 is 0.217 bits per heavy atom. The smallest absolute Gasteiger partial charge is 0.160 e. The number of hydrogen-bond donors (Lipinski definition) is 0. The summed E-state index contributed by atoms with van der Waals surface area (Å²) < 4.78 is 28.5. The fraction of sp³-hybridized carbons (Fsp3) is 0. The average Bonchev–Trinajstić information content (AvgIpc) is 1.31. The molecule has 8 aromatic heterocycles. The topological polar surface area (TPSA) is 142 Å². The molecule has 14 heteroatoms. The van der Waals surface area contributed by atoms with Crippen LogP contribution in [0.15, 0.2) is 381 Å². The summed E-state index contributed by atoms with van der Waals surface area (Å²) in [5.41, 5.74) is 29.2. The third-order valence-electron chi connectivity index (χ3n) is 22.8. The number of rotatable bonds is 12. The van der Waals surface area contributed by atoms with Crippen LogP contribution in [0.25, 0.3) is 242 Å². The Morgan fingerprint density at radius 2 is 0.567 bits per heavy atom. The monoisotopic (exact) mass is 1590 g/mol. The molecule has 0 unspecified atom stereocenters. The summed E-state index contributed by atoms with van der Waals surface area (Å²) >= 11 is 4.35. The highest BCUT2D eigenvalue weighted by Gasteiger charge is 2.24.